The van der Waals surface area contributed by atoms with E-state index in [1.54, 1.807) is 0 Å². The van der Waals surface area contributed by atoms with E-state index in [1.807, 2.05) is 28.9 Å². The second-order valence-corrected chi connectivity index (χ2v) is 5.44. The molecule has 0 atom stereocenters. The Balaban J connectivity index is 2.35. The average molecular weight is 279 g/mol. The maximum atomic E-state index is 5.93. The summed E-state index contributed by atoms with van der Waals surface area (Å²) < 4.78 is 1.94. The minimum absolute atomic E-state index is 0.389. The molecule has 0 amide bonds. The van der Waals surface area contributed by atoms with Crippen molar-refractivity contribution in [2.45, 2.75) is 33.4 Å². The largest absolute Gasteiger partial charge is 0.325 e. The van der Waals surface area contributed by atoms with Gasteiger partial charge in [0, 0.05) is 23.7 Å². The summed E-state index contributed by atoms with van der Waals surface area (Å²) in [5.41, 5.74) is 8.62. The molecular weight excluding hydrogens is 260 g/mol. The fraction of sp³-hybridized carbons (Fsp3) is 0.429. The van der Waals surface area contributed by atoms with E-state index in [1.165, 1.54) is 0 Å². The zero-order valence-electron chi connectivity index (χ0n) is 11.3. The van der Waals surface area contributed by atoms with Crippen LogP contribution in [0.15, 0.2) is 24.3 Å². The maximum Gasteiger partial charge on any atom is 0.104 e. The third-order valence-electron chi connectivity index (χ3n) is 3.03. The molecule has 0 bridgehead atoms. The molecule has 1 aromatic carbocycles. The summed E-state index contributed by atoms with van der Waals surface area (Å²) in [6.07, 6.45) is 1.06. The van der Waals surface area contributed by atoms with Gasteiger partial charge in [0.25, 0.3) is 0 Å². The van der Waals surface area contributed by atoms with Crippen LogP contribution in [0, 0.1) is 5.92 Å². The van der Waals surface area contributed by atoms with Gasteiger partial charge in [-0.3, -0.25) is 0 Å². The molecule has 19 heavy (non-hydrogen) atoms. The summed E-state index contributed by atoms with van der Waals surface area (Å²) in [5, 5.41) is 9.10. The van der Waals surface area contributed by atoms with Crippen LogP contribution in [-0.2, 0) is 13.1 Å². The van der Waals surface area contributed by atoms with Crippen molar-refractivity contribution >= 4 is 11.6 Å². The Hall–Kier alpha value is -1.39. The maximum absolute atomic E-state index is 5.93. The summed E-state index contributed by atoms with van der Waals surface area (Å²) in [7, 11) is 0. The van der Waals surface area contributed by atoms with Gasteiger partial charge in [0.15, 0.2) is 0 Å². The molecule has 0 fully saturated rings. The van der Waals surface area contributed by atoms with Crippen LogP contribution in [0.1, 0.15) is 26.0 Å². The molecule has 4 nitrogen and oxygen atoms in total. The minimum Gasteiger partial charge on any atom is -0.325 e. The van der Waals surface area contributed by atoms with E-state index in [2.05, 4.69) is 24.2 Å². The van der Waals surface area contributed by atoms with Crippen LogP contribution in [-0.4, -0.2) is 15.0 Å². The molecule has 5 heteroatoms. The van der Waals surface area contributed by atoms with Gasteiger partial charge in [0.1, 0.15) is 5.69 Å². The van der Waals surface area contributed by atoms with Gasteiger partial charge in [-0.2, -0.15) is 0 Å². The highest BCUT2D eigenvalue weighted by Gasteiger charge is 2.13. The van der Waals surface area contributed by atoms with Gasteiger partial charge < -0.3 is 5.73 Å². The van der Waals surface area contributed by atoms with Crippen molar-refractivity contribution in [1.29, 1.82) is 0 Å². The Morgan fingerprint density at radius 3 is 2.53 bits per heavy atom. The Morgan fingerprint density at radius 1 is 1.26 bits per heavy atom. The van der Waals surface area contributed by atoms with E-state index in [9.17, 15) is 0 Å². The summed E-state index contributed by atoms with van der Waals surface area (Å²) in [4.78, 5) is 0. The molecular formula is C14H19ClN4. The number of halogens is 1. The molecule has 0 unspecified atom stereocenters. The highest BCUT2D eigenvalue weighted by atomic mass is 35.5. The van der Waals surface area contributed by atoms with Crippen LogP contribution >= 0.6 is 11.6 Å². The van der Waals surface area contributed by atoms with Crippen molar-refractivity contribution in [1.82, 2.24) is 15.0 Å². The van der Waals surface area contributed by atoms with E-state index in [4.69, 9.17) is 17.3 Å². The first-order valence-corrected chi connectivity index (χ1v) is 6.88. The lowest BCUT2D eigenvalue weighted by Crippen LogP contribution is -2.06. The fourth-order valence-electron chi connectivity index (χ4n) is 1.95. The van der Waals surface area contributed by atoms with Crippen LogP contribution in [0.25, 0.3) is 11.3 Å². The molecule has 102 valence electrons. The first-order valence-electron chi connectivity index (χ1n) is 6.50. The Labute approximate surface area is 118 Å². The molecule has 0 radical (unpaired) electrons. The molecule has 0 saturated carbocycles. The van der Waals surface area contributed by atoms with E-state index >= 15 is 0 Å². The van der Waals surface area contributed by atoms with Crippen LogP contribution in [0.2, 0.25) is 5.02 Å². The number of benzene rings is 1. The normalized spacial score (nSPS) is 11.2. The van der Waals surface area contributed by atoms with Gasteiger partial charge in [0.2, 0.25) is 0 Å². The van der Waals surface area contributed by atoms with Crippen molar-refractivity contribution in [3.63, 3.8) is 0 Å². The number of nitrogens with zero attached hydrogens (tertiary/aromatic N) is 3. The molecule has 0 aliphatic rings. The first kappa shape index (κ1) is 14.0. The number of hydrogen-bond donors (Lipinski definition) is 1. The number of aromatic nitrogens is 3. The second-order valence-electron chi connectivity index (χ2n) is 5.00. The van der Waals surface area contributed by atoms with Crippen molar-refractivity contribution in [3.05, 3.63) is 35.0 Å². The summed E-state index contributed by atoms with van der Waals surface area (Å²) in [6, 6.07) is 7.70. The number of hydrogen-bond acceptors (Lipinski definition) is 3. The number of rotatable bonds is 5. The molecule has 0 spiro atoms. The molecule has 0 aliphatic heterocycles. The van der Waals surface area contributed by atoms with E-state index in [0.29, 0.717) is 12.5 Å². The highest BCUT2D eigenvalue weighted by molar-refractivity contribution is 6.30. The van der Waals surface area contributed by atoms with Gasteiger partial charge >= 0.3 is 0 Å². The molecule has 0 saturated heterocycles. The lowest BCUT2D eigenvalue weighted by atomic mass is 10.1. The van der Waals surface area contributed by atoms with E-state index in [0.717, 1.165) is 34.9 Å². The summed E-state index contributed by atoms with van der Waals surface area (Å²) in [5.74, 6) is 0.628. The zero-order valence-corrected chi connectivity index (χ0v) is 12.1. The zero-order chi connectivity index (χ0) is 13.8. The Morgan fingerprint density at radius 2 is 1.95 bits per heavy atom. The van der Waals surface area contributed by atoms with Gasteiger partial charge in [-0.05, 0) is 24.5 Å². The van der Waals surface area contributed by atoms with Crippen LogP contribution in [0.3, 0.4) is 0 Å². The predicted octanol–water partition coefficient (Wildman–Crippen LogP) is 3.10. The molecule has 2 rings (SSSR count). The van der Waals surface area contributed by atoms with Crippen molar-refractivity contribution < 1.29 is 0 Å². The first-order chi connectivity index (χ1) is 9.11. The van der Waals surface area contributed by atoms with Gasteiger partial charge in [-0.15, -0.1) is 5.10 Å². The summed E-state index contributed by atoms with van der Waals surface area (Å²) in [6.45, 7) is 5.63. The SMILES string of the molecule is CC(C)CCn1nnc(CN)c1-c1ccc(Cl)cc1. The average Bonchev–Trinajstić information content (AvgIpc) is 2.80. The quantitative estimate of drug-likeness (QED) is 0.914. The lowest BCUT2D eigenvalue weighted by molar-refractivity contribution is 0.481. The monoisotopic (exact) mass is 278 g/mol. The van der Waals surface area contributed by atoms with E-state index in [-0.39, 0.29) is 0 Å². The Kier molecular flexibility index (Phi) is 4.56. The molecule has 2 aromatic rings. The van der Waals surface area contributed by atoms with Gasteiger partial charge in [0.05, 0.1) is 5.69 Å². The molecule has 2 N–H and O–H groups in total. The van der Waals surface area contributed by atoms with Crippen LogP contribution in [0.4, 0.5) is 0 Å². The van der Waals surface area contributed by atoms with Crippen molar-refractivity contribution in [2.75, 3.05) is 0 Å². The van der Waals surface area contributed by atoms with Gasteiger partial charge in [-0.1, -0.05) is 42.8 Å². The van der Waals surface area contributed by atoms with E-state index < -0.39 is 0 Å². The van der Waals surface area contributed by atoms with Crippen LogP contribution < -0.4 is 5.73 Å². The molecule has 1 aromatic heterocycles. The Bertz CT molecular complexity index is 531. The smallest absolute Gasteiger partial charge is 0.104 e. The third-order valence-corrected chi connectivity index (χ3v) is 3.29. The second kappa shape index (κ2) is 6.17. The minimum atomic E-state index is 0.389. The molecule has 0 aliphatic carbocycles. The van der Waals surface area contributed by atoms with Crippen molar-refractivity contribution in [2.24, 2.45) is 11.7 Å². The highest BCUT2D eigenvalue weighted by Crippen LogP contribution is 2.24. The lowest BCUT2D eigenvalue weighted by Gasteiger charge is -2.09. The molecule has 1 heterocycles. The third kappa shape index (κ3) is 3.33. The summed E-state index contributed by atoms with van der Waals surface area (Å²) >= 11 is 5.93. The number of nitrogens with two attached hydrogens (primary N) is 1. The number of aryl methyl sites for hydroxylation is 1. The van der Waals surface area contributed by atoms with Gasteiger partial charge in [-0.25, -0.2) is 4.68 Å². The predicted molar refractivity (Wildman–Crippen MR) is 77.8 cm³/mol. The topological polar surface area (TPSA) is 56.7 Å². The van der Waals surface area contributed by atoms with Crippen molar-refractivity contribution in [3.8, 4) is 11.3 Å². The van der Waals surface area contributed by atoms with Crippen LogP contribution in [0.5, 0.6) is 0 Å². The fourth-order valence-corrected chi connectivity index (χ4v) is 2.07. The standard InChI is InChI=1S/C14H19ClN4/c1-10(2)7-8-19-14(13(9-16)17-18-19)11-3-5-12(15)6-4-11/h3-6,10H,7-9,16H2,1-2H3.